The average molecular weight is 186 g/mol. The molecule has 1 rings (SSSR count). The van der Waals surface area contributed by atoms with Crippen molar-refractivity contribution in [2.45, 2.75) is 20.0 Å². The summed E-state index contributed by atoms with van der Waals surface area (Å²) in [7, 11) is 0. The summed E-state index contributed by atoms with van der Waals surface area (Å²) in [5.74, 6) is -0.106. The summed E-state index contributed by atoms with van der Waals surface area (Å²) in [4.78, 5) is 23.2. The Bertz CT molecular complexity index is 217. The zero-order chi connectivity index (χ0) is 9.84. The fraction of sp³-hybridized carbons (Fsp3) is 0.750. The summed E-state index contributed by atoms with van der Waals surface area (Å²) in [6.45, 7) is 4.94. The molecule has 0 radical (unpaired) electrons. The van der Waals surface area contributed by atoms with Gasteiger partial charge in [-0.1, -0.05) is 0 Å². The SMILES string of the molecule is CCN1CC(CNC(C)=O)OC1=O. The average Bonchev–Trinajstić information content (AvgIpc) is 2.43. The number of ether oxygens (including phenoxy) is 1. The number of hydrogen-bond acceptors (Lipinski definition) is 3. The lowest BCUT2D eigenvalue weighted by Gasteiger charge is -2.08. The number of carbonyl (C=O) groups excluding carboxylic acids is 2. The van der Waals surface area contributed by atoms with E-state index in [-0.39, 0.29) is 18.1 Å². The molecule has 5 heteroatoms. The zero-order valence-electron chi connectivity index (χ0n) is 7.87. The van der Waals surface area contributed by atoms with Gasteiger partial charge in [0.2, 0.25) is 5.91 Å². The Kier molecular flexibility index (Phi) is 3.11. The molecule has 2 amide bonds. The van der Waals surface area contributed by atoms with Crippen LogP contribution in [-0.2, 0) is 9.53 Å². The maximum absolute atomic E-state index is 11.1. The number of amides is 2. The summed E-state index contributed by atoms with van der Waals surface area (Å²) in [6.07, 6.45) is -0.491. The highest BCUT2D eigenvalue weighted by atomic mass is 16.6. The maximum atomic E-state index is 11.1. The van der Waals surface area contributed by atoms with Crippen LogP contribution < -0.4 is 5.32 Å². The molecule has 1 saturated heterocycles. The van der Waals surface area contributed by atoms with Gasteiger partial charge < -0.3 is 15.0 Å². The molecule has 5 nitrogen and oxygen atoms in total. The fourth-order valence-corrected chi connectivity index (χ4v) is 1.20. The third-order valence-electron chi connectivity index (χ3n) is 1.91. The molecule has 0 bridgehead atoms. The van der Waals surface area contributed by atoms with Crippen LogP contribution >= 0.6 is 0 Å². The van der Waals surface area contributed by atoms with Crippen molar-refractivity contribution in [3.05, 3.63) is 0 Å². The van der Waals surface area contributed by atoms with E-state index in [1.807, 2.05) is 6.92 Å². The molecule has 1 aliphatic heterocycles. The van der Waals surface area contributed by atoms with Crippen molar-refractivity contribution >= 4 is 12.0 Å². The molecular formula is C8H14N2O3. The number of rotatable bonds is 3. The van der Waals surface area contributed by atoms with Gasteiger partial charge in [-0.3, -0.25) is 4.79 Å². The molecule has 0 aliphatic carbocycles. The molecule has 0 aromatic rings. The van der Waals surface area contributed by atoms with Crippen LogP contribution in [0.15, 0.2) is 0 Å². The van der Waals surface area contributed by atoms with Crippen molar-refractivity contribution in [1.29, 1.82) is 0 Å². The Hall–Kier alpha value is -1.26. The maximum Gasteiger partial charge on any atom is 0.410 e. The van der Waals surface area contributed by atoms with Crippen molar-refractivity contribution in [2.75, 3.05) is 19.6 Å². The predicted molar refractivity (Wildman–Crippen MR) is 46.2 cm³/mol. The Morgan fingerprint density at radius 2 is 2.46 bits per heavy atom. The highest BCUT2D eigenvalue weighted by molar-refractivity contribution is 5.73. The van der Waals surface area contributed by atoms with Crippen molar-refractivity contribution in [1.82, 2.24) is 10.2 Å². The van der Waals surface area contributed by atoms with Crippen LogP contribution in [0.5, 0.6) is 0 Å². The first-order valence-electron chi connectivity index (χ1n) is 4.33. The van der Waals surface area contributed by atoms with Gasteiger partial charge in [-0.25, -0.2) is 4.79 Å². The lowest BCUT2D eigenvalue weighted by molar-refractivity contribution is -0.119. The Morgan fingerprint density at radius 1 is 1.77 bits per heavy atom. The van der Waals surface area contributed by atoms with Crippen LogP contribution in [0.3, 0.4) is 0 Å². The third-order valence-corrected chi connectivity index (χ3v) is 1.91. The second kappa shape index (κ2) is 4.11. The quantitative estimate of drug-likeness (QED) is 0.673. The summed E-state index contributed by atoms with van der Waals surface area (Å²) >= 11 is 0. The number of hydrogen-bond donors (Lipinski definition) is 1. The number of carbonyl (C=O) groups is 2. The normalized spacial score (nSPS) is 21.5. The molecule has 0 spiro atoms. The van der Waals surface area contributed by atoms with E-state index in [9.17, 15) is 9.59 Å². The lowest BCUT2D eigenvalue weighted by atomic mass is 10.3. The topological polar surface area (TPSA) is 58.6 Å². The molecular weight excluding hydrogens is 172 g/mol. The first-order chi connectivity index (χ1) is 6.13. The van der Waals surface area contributed by atoms with E-state index in [1.165, 1.54) is 6.92 Å². The van der Waals surface area contributed by atoms with Crippen LogP contribution in [0.2, 0.25) is 0 Å². The monoisotopic (exact) mass is 186 g/mol. The number of nitrogens with one attached hydrogen (secondary N) is 1. The van der Waals surface area contributed by atoms with E-state index < -0.39 is 0 Å². The van der Waals surface area contributed by atoms with Gasteiger partial charge in [-0.15, -0.1) is 0 Å². The smallest absolute Gasteiger partial charge is 0.410 e. The van der Waals surface area contributed by atoms with Crippen molar-refractivity contribution in [2.24, 2.45) is 0 Å². The van der Waals surface area contributed by atoms with Gasteiger partial charge in [0, 0.05) is 13.5 Å². The van der Waals surface area contributed by atoms with E-state index in [2.05, 4.69) is 5.32 Å². The van der Waals surface area contributed by atoms with Gasteiger partial charge in [-0.2, -0.15) is 0 Å². The van der Waals surface area contributed by atoms with Crippen molar-refractivity contribution in [3.8, 4) is 0 Å². The molecule has 1 atom stereocenters. The van der Waals surface area contributed by atoms with Gasteiger partial charge in [-0.05, 0) is 6.92 Å². The fourth-order valence-electron chi connectivity index (χ4n) is 1.20. The van der Waals surface area contributed by atoms with E-state index in [4.69, 9.17) is 4.74 Å². The van der Waals surface area contributed by atoms with Gasteiger partial charge in [0.1, 0.15) is 6.10 Å². The predicted octanol–water partition coefficient (Wildman–Crippen LogP) is -0.0368. The summed E-state index contributed by atoms with van der Waals surface area (Å²) < 4.78 is 4.99. The number of cyclic esters (lactones) is 1. The van der Waals surface area contributed by atoms with Crippen LogP contribution in [0.25, 0.3) is 0 Å². The molecule has 74 valence electrons. The molecule has 13 heavy (non-hydrogen) atoms. The summed E-state index contributed by atoms with van der Waals surface area (Å²) in [5.41, 5.74) is 0. The van der Waals surface area contributed by atoms with Gasteiger partial charge in [0.05, 0.1) is 13.1 Å². The van der Waals surface area contributed by atoms with Crippen LogP contribution in [0.4, 0.5) is 4.79 Å². The molecule has 1 heterocycles. The largest absolute Gasteiger partial charge is 0.442 e. The van der Waals surface area contributed by atoms with Crippen LogP contribution in [-0.4, -0.2) is 42.6 Å². The zero-order valence-corrected chi connectivity index (χ0v) is 7.87. The molecule has 1 fully saturated rings. The van der Waals surface area contributed by atoms with Crippen LogP contribution in [0.1, 0.15) is 13.8 Å². The van der Waals surface area contributed by atoms with E-state index >= 15 is 0 Å². The standard InChI is InChI=1S/C8H14N2O3/c1-3-10-5-7(13-8(10)12)4-9-6(2)11/h7H,3-5H2,1-2H3,(H,9,11). The molecule has 0 aromatic heterocycles. The highest BCUT2D eigenvalue weighted by Crippen LogP contribution is 2.09. The lowest BCUT2D eigenvalue weighted by Crippen LogP contribution is -2.33. The van der Waals surface area contributed by atoms with Crippen molar-refractivity contribution in [3.63, 3.8) is 0 Å². The van der Waals surface area contributed by atoms with Gasteiger partial charge in [0.15, 0.2) is 0 Å². The van der Waals surface area contributed by atoms with E-state index in [1.54, 1.807) is 4.90 Å². The number of nitrogens with zero attached hydrogens (tertiary/aromatic N) is 1. The highest BCUT2D eigenvalue weighted by Gasteiger charge is 2.29. The molecule has 1 N–H and O–H groups in total. The second-order valence-corrected chi connectivity index (χ2v) is 2.98. The molecule has 1 aliphatic rings. The Morgan fingerprint density at radius 3 is 2.92 bits per heavy atom. The minimum Gasteiger partial charge on any atom is -0.442 e. The molecule has 0 aromatic carbocycles. The summed E-state index contributed by atoms with van der Waals surface area (Å²) in [5, 5.41) is 2.61. The molecule has 0 saturated carbocycles. The number of likely N-dealkylation sites (N-methyl/N-ethyl adjacent to an activating group) is 1. The first-order valence-corrected chi connectivity index (χ1v) is 4.33. The first kappa shape index (κ1) is 9.83. The second-order valence-electron chi connectivity index (χ2n) is 2.98. The summed E-state index contributed by atoms with van der Waals surface area (Å²) in [6, 6.07) is 0. The minimum absolute atomic E-state index is 0.106. The van der Waals surface area contributed by atoms with Gasteiger partial charge >= 0.3 is 6.09 Å². The molecule has 1 unspecified atom stereocenters. The van der Waals surface area contributed by atoms with Crippen molar-refractivity contribution < 1.29 is 14.3 Å². The Labute approximate surface area is 77.0 Å². The Balaban J connectivity index is 2.31. The van der Waals surface area contributed by atoms with E-state index in [0.717, 1.165) is 0 Å². The van der Waals surface area contributed by atoms with Crippen LogP contribution in [0, 0.1) is 0 Å². The third kappa shape index (κ3) is 2.61. The minimum atomic E-state index is -0.294. The van der Waals surface area contributed by atoms with Gasteiger partial charge in [0.25, 0.3) is 0 Å². The van der Waals surface area contributed by atoms with E-state index in [0.29, 0.717) is 19.6 Å².